The molecule has 7 nitrogen and oxygen atoms in total. The first-order valence-corrected chi connectivity index (χ1v) is 12.5. The summed E-state index contributed by atoms with van der Waals surface area (Å²) in [4.78, 5) is 24.6. The summed E-state index contributed by atoms with van der Waals surface area (Å²) in [5, 5.41) is 14.7. The van der Waals surface area contributed by atoms with Crippen molar-refractivity contribution in [3.63, 3.8) is 0 Å². The Balaban J connectivity index is 1.20. The minimum atomic E-state index is -0.759. The van der Waals surface area contributed by atoms with Gasteiger partial charge in [0.15, 0.2) is 0 Å². The molecule has 4 aromatic rings. The van der Waals surface area contributed by atoms with Gasteiger partial charge in [-0.3, -0.25) is 9.78 Å². The van der Waals surface area contributed by atoms with Crippen molar-refractivity contribution in [1.29, 1.82) is 5.26 Å². The van der Waals surface area contributed by atoms with Crippen molar-refractivity contribution in [2.45, 2.75) is 31.9 Å². The number of rotatable bonds is 5. The van der Waals surface area contributed by atoms with Crippen molar-refractivity contribution in [1.82, 2.24) is 15.3 Å². The van der Waals surface area contributed by atoms with Gasteiger partial charge in [0.05, 0.1) is 37.2 Å². The van der Waals surface area contributed by atoms with E-state index in [1.807, 2.05) is 37.4 Å². The van der Waals surface area contributed by atoms with Gasteiger partial charge in [-0.2, -0.15) is 5.26 Å². The van der Waals surface area contributed by atoms with Gasteiger partial charge in [0.2, 0.25) is 0 Å². The summed E-state index contributed by atoms with van der Waals surface area (Å²) in [6.07, 6.45) is 3.05. The van der Waals surface area contributed by atoms with Gasteiger partial charge in [-0.15, -0.1) is 0 Å². The van der Waals surface area contributed by atoms with Crippen molar-refractivity contribution in [3.05, 3.63) is 89.2 Å². The van der Waals surface area contributed by atoms with Gasteiger partial charge in [0.1, 0.15) is 11.2 Å². The molecule has 184 valence electrons. The Kier molecular flexibility index (Phi) is 5.82. The van der Waals surface area contributed by atoms with Crippen LogP contribution in [0, 0.1) is 11.3 Å². The Labute approximate surface area is 215 Å². The molecule has 0 bridgehead atoms. The number of carbonyl (C=O) groups is 1. The van der Waals surface area contributed by atoms with Crippen LogP contribution in [0.1, 0.15) is 40.5 Å². The van der Waals surface area contributed by atoms with Gasteiger partial charge in [-0.25, -0.2) is 4.98 Å². The van der Waals surface area contributed by atoms with Crippen LogP contribution < -0.4 is 10.2 Å². The van der Waals surface area contributed by atoms with Gasteiger partial charge in [-0.05, 0) is 66.3 Å². The Hall–Kier alpha value is -4.28. The average molecular weight is 490 g/mol. The number of anilines is 1. The minimum Gasteiger partial charge on any atom is -0.375 e. The number of nitrogens with one attached hydrogen (secondary N) is 1. The van der Waals surface area contributed by atoms with E-state index in [0.29, 0.717) is 25.3 Å². The number of aromatic nitrogens is 2. The molecule has 2 aliphatic heterocycles. The molecular formula is C30H27N5O2. The Morgan fingerprint density at radius 2 is 2.03 bits per heavy atom. The summed E-state index contributed by atoms with van der Waals surface area (Å²) < 4.78 is 5.57. The van der Waals surface area contributed by atoms with Gasteiger partial charge in [-0.1, -0.05) is 24.3 Å². The number of amides is 1. The van der Waals surface area contributed by atoms with Crippen molar-refractivity contribution in [3.8, 4) is 17.3 Å². The number of nitriles is 1. The summed E-state index contributed by atoms with van der Waals surface area (Å²) in [6.45, 7) is 5.05. The first-order chi connectivity index (χ1) is 18.0. The van der Waals surface area contributed by atoms with E-state index in [4.69, 9.17) is 9.72 Å². The van der Waals surface area contributed by atoms with E-state index in [1.165, 1.54) is 6.42 Å². The van der Waals surface area contributed by atoms with E-state index in [2.05, 4.69) is 51.6 Å². The number of pyridine rings is 2. The highest BCUT2D eigenvalue weighted by molar-refractivity contribution is 5.94. The second-order valence-corrected chi connectivity index (χ2v) is 9.95. The van der Waals surface area contributed by atoms with Crippen LogP contribution in [0.15, 0.2) is 66.9 Å². The molecule has 6 rings (SSSR count). The highest BCUT2D eigenvalue weighted by atomic mass is 16.5. The maximum Gasteiger partial charge on any atom is 0.251 e. The van der Waals surface area contributed by atoms with Crippen LogP contribution in [0.2, 0.25) is 0 Å². The molecule has 2 aromatic carbocycles. The van der Waals surface area contributed by atoms with Crippen LogP contribution in [0.5, 0.6) is 0 Å². The Morgan fingerprint density at radius 3 is 2.84 bits per heavy atom. The summed E-state index contributed by atoms with van der Waals surface area (Å²) in [7, 11) is 0. The third-order valence-corrected chi connectivity index (χ3v) is 7.28. The molecular weight excluding hydrogens is 462 g/mol. The molecule has 0 aliphatic carbocycles. The molecule has 0 spiro atoms. The molecule has 37 heavy (non-hydrogen) atoms. The lowest BCUT2D eigenvalue weighted by Crippen LogP contribution is -2.37. The molecule has 1 amide bonds. The number of nitrogens with zero attached hydrogens (tertiary/aromatic N) is 4. The fourth-order valence-corrected chi connectivity index (χ4v) is 4.91. The van der Waals surface area contributed by atoms with Gasteiger partial charge in [0, 0.05) is 35.8 Å². The smallest absolute Gasteiger partial charge is 0.251 e. The topological polar surface area (TPSA) is 91.1 Å². The molecule has 1 saturated heterocycles. The van der Waals surface area contributed by atoms with Crippen LogP contribution in [-0.4, -0.2) is 35.6 Å². The molecule has 0 radical (unpaired) electrons. The number of hydrogen-bond acceptors (Lipinski definition) is 6. The zero-order valence-corrected chi connectivity index (χ0v) is 20.7. The molecule has 7 heteroatoms. The third-order valence-electron chi connectivity index (χ3n) is 7.28. The number of ether oxygens (including phenoxy) is 1. The molecule has 0 saturated carbocycles. The quantitative estimate of drug-likeness (QED) is 0.435. The lowest BCUT2D eigenvalue weighted by molar-refractivity contribution is 0.0757. The van der Waals surface area contributed by atoms with E-state index < -0.39 is 5.41 Å². The minimum absolute atomic E-state index is 0.197. The normalized spacial score (nSPS) is 18.5. The molecule has 2 aliphatic rings. The van der Waals surface area contributed by atoms with Crippen molar-refractivity contribution in [2.24, 2.45) is 0 Å². The number of benzene rings is 2. The Bertz CT molecular complexity index is 1560. The summed E-state index contributed by atoms with van der Waals surface area (Å²) in [5.41, 5.74) is 4.34. The van der Waals surface area contributed by atoms with Crippen LogP contribution >= 0.6 is 0 Å². The fourth-order valence-electron chi connectivity index (χ4n) is 4.91. The fraction of sp³-hybridized carbons (Fsp3) is 0.267. The monoisotopic (exact) mass is 489 g/mol. The summed E-state index contributed by atoms with van der Waals surface area (Å²) in [6, 6.07) is 22.2. The molecule has 4 heterocycles. The van der Waals surface area contributed by atoms with Crippen molar-refractivity contribution >= 4 is 22.5 Å². The highest BCUT2D eigenvalue weighted by Gasteiger charge is 2.33. The van der Waals surface area contributed by atoms with Gasteiger partial charge < -0.3 is 15.0 Å². The zero-order chi connectivity index (χ0) is 25.4. The first-order valence-electron chi connectivity index (χ1n) is 12.5. The molecule has 1 atom stereocenters. The number of hydrogen-bond donors (Lipinski definition) is 1. The van der Waals surface area contributed by atoms with E-state index in [9.17, 15) is 10.1 Å². The van der Waals surface area contributed by atoms with Crippen LogP contribution in [-0.2, 0) is 23.3 Å². The largest absolute Gasteiger partial charge is 0.375 e. The van der Waals surface area contributed by atoms with Crippen molar-refractivity contribution in [2.75, 3.05) is 24.6 Å². The van der Waals surface area contributed by atoms with E-state index in [0.717, 1.165) is 57.8 Å². The highest BCUT2D eigenvalue weighted by Crippen LogP contribution is 2.32. The Morgan fingerprint density at radius 1 is 1.14 bits per heavy atom. The second-order valence-electron chi connectivity index (χ2n) is 9.95. The summed E-state index contributed by atoms with van der Waals surface area (Å²) in [5.74, 6) is 0.823. The molecule has 1 fully saturated rings. The molecule has 1 N–H and O–H groups in total. The number of carbonyl (C=O) groups excluding carboxylic acids is 1. The molecule has 2 aromatic heterocycles. The van der Waals surface area contributed by atoms with E-state index in [-0.39, 0.29) is 5.91 Å². The lowest BCUT2D eigenvalue weighted by atomic mass is 9.79. The van der Waals surface area contributed by atoms with Gasteiger partial charge in [0.25, 0.3) is 5.91 Å². The maximum atomic E-state index is 13.0. The van der Waals surface area contributed by atoms with E-state index in [1.54, 1.807) is 6.07 Å². The SMILES string of the molecule is C[C@@]1(C#N)COCc2ccc(C(=O)NCc3cc4cc(-c5cccc(N6CCC6)n5)ccc4cn3)cc21. The predicted octanol–water partition coefficient (Wildman–Crippen LogP) is 4.75. The lowest BCUT2D eigenvalue weighted by Gasteiger charge is -2.32. The molecule has 0 unspecified atom stereocenters. The average Bonchev–Trinajstić information content (AvgIpc) is 2.90. The van der Waals surface area contributed by atoms with Crippen LogP contribution in [0.4, 0.5) is 5.82 Å². The maximum absolute atomic E-state index is 13.0. The third kappa shape index (κ3) is 4.41. The second kappa shape index (κ2) is 9.30. The first kappa shape index (κ1) is 23.1. The predicted molar refractivity (Wildman–Crippen MR) is 142 cm³/mol. The van der Waals surface area contributed by atoms with Crippen LogP contribution in [0.3, 0.4) is 0 Å². The van der Waals surface area contributed by atoms with Gasteiger partial charge >= 0.3 is 0 Å². The zero-order valence-electron chi connectivity index (χ0n) is 20.7. The van der Waals surface area contributed by atoms with E-state index >= 15 is 0 Å². The summed E-state index contributed by atoms with van der Waals surface area (Å²) >= 11 is 0. The standard InChI is InChI=1S/C30H27N5O2/c1-30(18-31)19-37-17-23-9-7-21(14-26(23)30)29(36)33-16-25-13-24-12-20(6-8-22(24)15-32-25)27-4-2-5-28(34-27)35-10-3-11-35/h2,4-9,12-15H,3,10-11,16-17,19H2,1H3,(H,33,36)/t30-/m1/s1. The number of fused-ring (bicyclic) bond motifs is 2. The van der Waals surface area contributed by atoms with Crippen molar-refractivity contribution < 1.29 is 9.53 Å². The van der Waals surface area contributed by atoms with Crippen LogP contribution in [0.25, 0.3) is 22.0 Å².